The molecule has 1 amide bonds. The first-order chi connectivity index (χ1) is 9.12. The van der Waals surface area contributed by atoms with E-state index in [1.807, 2.05) is 13.2 Å². The standard InChI is InChI=1S/C14H23N3O2/c1-4-13(5-2)17(8-9-18)14(19)7-6-12-10-15-16(3)11-12/h6-7,10-11,13,18H,4-5,8-9H2,1-3H3. The van der Waals surface area contributed by atoms with E-state index in [4.69, 9.17) is 5.11 Å². The number of aliphatic hydroxyl groups excluding tert-OH is 1. The van der Waals surface area contributed by atoms with Crippen LogP contribution in [0.2, 0.25) is 0 Å². The summed E-state index contributed by atoms with van der Waals surface area (Å²) in [5, 5.41) is 13.1. The SMILES string of the molecule is CCC(CC)N(CCO)C(=O)C=Cc1cnn(C)c1. The molecule has 0 radical (unpaired) electrons. The van der Waals surface area contributed by atoms with Gasteiger partial charge in [0.15, 0.2) is 0 Å². The number of carbonyl (C=O) groups excluding carboxylic acids is 1. The van der Waals surface area contributed by atoms with Crippen LogP contribution in [0.3, 0.4) is 0 Å². The molecule has 1 aromatic rings. The first kappa shape index (κ1) is 15.4. The Morgan fingerprint density at radius 3 is 2.68 bits per heavy atom. The molecule has 0 fully saturated rings. The van der Waals surface area contributed by atoms with E-state index in [1.54, 1.807) is 27.9 Å². The van der Waals surface area contributed by atoms with E-state index in [2.05, 4.69) is 18.9 Å². The highest BCUT2D eigenvalue weighted by Gasteiger charge is 2.18. The zero-order valence-corrected chi connectivity index (χ0v) is 11.9. The zero-order chi connectivity index (χ0) is 14.3. The Kier molecular flexibility index (Phi) is 6.29. The van der Waals surface area contributed by atoms with Crippen molar-refractivity contribution in [3.05, 3.63) is 24.0 Å². The summed E-state index contributed by atoms with van der Waals surface area (Å²) in [6.07, 6.45) is 8.63. The summed E-state index contributed by atoms with van der Waals surface area (Å²) < 4.78 is 1.69. The molecule has 0 aliphatic heterocycles. The van der Waals surface area contributed by atoms with E-state index in [9.17, 15) is 4.79 Å². The molecule has 0 atom stereocenters. The third-order valence-corrected chi connectivity index (χ3v) is 3.15. The van der Waals surface area contributed by atoms with E-state index < -0.39 is 0 Å². The Bertz CT molecular complexity index is 422. The van der Waals surface area contributed by atoms with Crippen molar-refractivity contribution in [1.29, 1.82) is 0 Å². The number of hydrogen-bond donors (Lipinski definition) is 1. The van der Waals surface area contributed by atoms with Crippen LogP contribution in [0.25, 0.3) is 6.08 Å². The quantitative estimate of drug-likeness (QED) is 0.759. The lowest BCUT2D eigenvalue weighted by molar-refractivity contribution is -0.128. The van der Waals surface area contributed by atoms with Crippen LogP contribution in [0.5, 0.6) is 0 Å². The molecule has 5 nitrogen and oxygen atoms in total. The predicted molar refractivity (Wildman–Crippen MR) is 75.4 cm³/mol. The van der Waals surface area contributed by atoms with Crippen LogP contribution < -0.4 is 0 Å². The van der Waals surface area contributed by atoms with Gasteiger partial charge in [-0.15, -0.1) is 0 Å². The molecule has 1 rings (SSSR count). The monoisotopic (exact) mass is 265 g/mol. The predicted octanol–water partition coefficient (Wildman–Crippen LogP) is 1.44. The van der Waals surface area contributed by atoms with Crippen LogP contribution >= 0.6 is 0 Å². The third-order valence-electron chi connectivity index (χ3n) is 3.15. The smallest absolute Gasteiger partial charge is 0.246 e. The first-order valence-electron chi connectivity index (χ1n) is 6.70. The maximum absolute atomic E-state index is 12.2. The average molecular weight is 265 g/mol. The van der Waals surface area contributed by atoms with Gasteiger partial charge in [-0.1, -0.05) is 13.8 Å². The summed E-state index contributed by atoms with van der Waals surface area (Å²) in [5.74, 6) is -0.0633. The summed E-state index contributed by atoms with van der Waals surface area (Å²) in [6, 6.07) is 0.179. The third kappa shape index (κ3) is 4.52. The van der Waals surface area contributed by atoms with Gasteiger partial charge in [-0.05, 0) is 18.9 Å². The van der Waals surface area contributed by atoms with Gasteiger partial charge in [0.05, 0.1) is 12.8 Å². The van der Waals surface area contributed by atoms with Crippen LogP contribution in [0.15, 0.2) is 18.5 Å². The Morgan fingerprint density at radius 2 is 2.21 bits per heavy atom. The maximum atomic E-state index is 12.2. The molecule has 0 unspecified atom stereocenters. The fourth-order valence-corrected chi connectivity index (χ4v) is 2.10. The fraction of sp³-hybridized carbons (Fsp3) is 0.571. The second-order valence-corrected chi connectivity index (χ2v) is 4.51. The summed E-state index contributed by atoms with van der Waals surface area (Å²) >= 11 is 0. The lowest BCUT2D eigenvalue weighted by Gasteiger charge is -2.28. The molecule has 0 aliphatic rings. The zero-order valence-electron chi connectivity index (χ0n) is 11.9. The molecule has 0 bridgehead atoms. The van der Waals surface area contributed by atoms with E-state index >= 15 is 0 Å². The largest absolute Gasteiger partial charge is 0.395 e. The van der Waals surface area contributed by atoms with Gasteiger partial charge >= 0.3 is 0 Å². The van der Waals surface area contributed by atoms with Crippen LogP contribution in [0, 0.1) is 0 Å². The number of nitrogens with zero attached hydrogens (tertiary/aromatic N) is 3. The number of aromatic nitrogens is 2. The fourth-order valence-electron chi connectivity index (χ4n) is 2.10. The normalized spacial score (nSPS) is 11.4. The number of aryl methyl sites for hydroxylation is 1. The van der Waals surface area contributed by atoms with Crippen molar-refractivity contribution in [3.63, 3.8) is 0 Å². The summed E-state index contributed by atoms with van der Waals surface area (Å²) in [7, 11) is 1.83. The number of aliphatic hydroxyl groups is 1. The molecule has 5 heteroatoms. The highest BCUT2D eigenvalue weighted by atomic mass is 16.3. The molecule has 0 aliphatic carbocycles. The van der Waals surface area contributed by atoms with Gasteiger partial charge in [-0.25, -0.2) is 0 Å². The van der Waals surface area contributed by atoms with E-state index in [0.717, 1.165) is 18.4 Å². The Morgan fingerprint density at radius 1 is 1.53 bits per heavy atom. The van der Waals surface area contributed by atoms with Crippen molar-refractivity contribution < 1.29 is 9.90 Å². The van der Waals surface area contributed by atoms with Crippen LogP contribution in [0.1, 0.15) is 32.3 Å². The lowest BCUT2D eigenvalue weighted by Crippen LogP contribution is -2.40. The van der Waals surface area contributed by atoms with Gasteiger partial charge in [0.1, 0.15) is 0 Å². The van der Waals surface area contributed by atoms with Crippen molar-refractivity contribution in [2.75, 3.05) is 13.2 Å². The second-order valence-electron chi connectivity index (χ2n) is 4.51. The highest BCUT2D eigenvalue weighted by molar-refractivity contribution is 5.91. The number of carbonyl (C=O) groups is 1. The summed E-state index contributed by atoms with van der Waals surface area (Å²) in [5.41, 5.74) is 0.893. The molecule has 0 saturated heterocycles. The van der Waals surface area contributed by atoms with Crippen LogP contribution in [-0.4, -0.2) is 44.9 Å². The van der Waals surface area contributed by atoms with E-state index in [1.165, 1.54) is 0 Å². The summed E-state index contributed by atoms with van der Waals surface area (Å²) in [6.45, 7) is 4.47. The Hall–Kier alpha value is -1.62. The maximum Gasteiger partial charge on any atom is 0.246 e. The van der Waals surface area contributed by atoms with E-state index in [0.29, 0.717) is 6.54 Å². The van der Waals surface area contributed by atoms with Gasteiger partial charge in [0.25, 0.3) is 0 Å². The number of hydrogen-bond acceptors (Lipinski definition) is 3. The van der Waals surface area contributed by atoms with Crippen molar-refractivity contribution >= 4 is 12.0 Å². The van der Waals surface area contributed by atoms with Gasteiger partial charge < -0.3 is 10.0 Å². The molecular weight excluding hydrogens is 242 g/mol. The minimum atomic E-state index is -0.0633. The molecule has 1 aromatic heterocycles. The van der Waals surface area contributed by atoms with Crippen LogP contribution in [-0.2, 0) is 11.8 Å². The van der Waals surface area contributed by atoms with Gasteiger partial charge in [0.2, 0.25) is 5.91 Å². The molecular formula is C14H23N3O2. The van der Waals surface area contributed by atoms with Crippen molar-refractivity contribution in [1.82, 2.24) is 14.7 Å². The van der Waals surface area contributed by atoms with Crippen LogP contribution in [0.4, 0.5) is 0 Å². The van der Waals surface area contributed by atoms with Gasteiger partial charge in [-0.3, -0.25) is 9.48 Å². The minimum absolute atomic E-state index is 0.0109. The van der Waals surface area contributed by atoms with Crippen molar-refractivity contribution in [3.8, 4) is 0 Å². The topological polar surface area (TPSA) is 58.4 Å². The summed E-state index contributed by atoms with van der Waals surface area (Å²) in [4.78, 5) is 13.9. The Balaban J connectivity index is 2.73. The minimum Gasteiger partial charge on any atom is -0.395 e. The molecule has 1 heterocycles. The second kappa shape index (κ2) is 7.74. The molecule has 0 spiro atoms. The van der Waals surface area contributed by atoms with Gasteiger partial charge in [0, 0.05) is 37.5 Å². The molecule has 0 aromatic carbocycles. The molecule has 0 saturated carbocycles. The molecule has 1 N–H and O–H groups in total. The molecule has 106 valence electrons. The van der Waals surface area contributed by atoms with Crippen molar-refractivity contribution in [2.45, 2.75) is 32.7 Å². The van der Waals surface area contributed by atoms with Crippen molar-refractivity contribution in [2.24, 2.45) is 7.05 Å². The first-order valence-corrected chi connectivity index (χ1v) is 6.70. The van der Waals surface area contributed by atoms with Gasteiger partial charge in [-0.2, -0.15) is 5.10 Å². The highest BCUT2D eigenvalue weighted by Crippen LogP contribution is 2.10. The van der Waals surface area contributed by atoms with E-state index in [-0.39, 0.29) is 18.6 Å². The molecule has 19 heavy (non-hydrogen) atoms. The average Bonchev–Trinajstić information content (AvgIpc) is 2.82. The number of amides is 1. The Labute approximate surface area is 114 Å². The number of rotatable bonds is 7. The lowest BCUT2D eigenvalue weighted by atomic mass is 10.1.